The fourth-order valence-electron chi connectivity index (χ4n) is 3.75. The van der Waals surface area contributed by atoms with Gasteiger partial charge in [0.05, 0.1) is 43.9 Å². The minimum absolute atomic E-state index is 0.114. The molecule has 27 heavy (non-hydrogen) atoms. The van der Waals surface area contributed by atoms with Gasteiger partial charge in [0.2, 0.25) is 0 Å². The van der Waals surface area contributed by atoms with Gasteiger partial charge in [-0.15, -0.1) is 0 Å². The van der Waals surface area contributed by atoms with Gasteiger partial charge in [0.15, 0.2) is 6.04 Å². The monoisotopic (exact) mass is 374 g/mol. The summed E-state index contributed by atoms with van der Waals surface area (Å²) in [6.07, 6.45) is 2.25. The van der Waals surface area contributed by atoms with Crippen molar-refractivity contribution in [3.05, 3.63) is 23.9 Å². The van der Waals surface area contributed by atoms with Gasteiger partial charge < -0.3 is 24.7 Å². The van der Waals surface area contributed by atoms with Crippen molar-refractivity contribution in [2.45, 2.75) is 32.7 Å². The third kappa shape index (κ3) is 3.78. The Hall–Kier alpha value is -2.54. The number of ether oxygens (including phenoxy) is 2. The third-order valence-electron chi connectivity index (χ3n) is 5.57. The van der Waals surface area contributed by atoms with Crippen LogP contribution < -0.4 is 15.0 Å². The van der Waals surface area contributed by atoms with E-state index in [9.17, 15) is 9.59 Å². The lowest BCUT2D eigenvalue weighted by Crippen LogP contribution is -3.17. The Morgan fingerprint density at radius 1 is 1.26 bits per heavy atom. The van der Waals surface area contributed by atoms with Gasteiger partial charge in [0.1, 0.15) is 11.4 Å². The number of benzene rings is 1. The molecule has 0 unspecified atom stereocenters. The summed E-state index contributed by atoms with van der Waals surface area (Å²) >= 11 is 0. The van der Waals surface area contributed by atoms with E-state index in [-0.39, 0.29) is 17.6 Å². The second-order valence-electron chi connectivity index (χ2n) is 7.30. The molecular formula is C20H28N3O4+. The number of aromatic nitrogens is 1. The van der Waals surface area contributed by atoms with Gasteiger partial charge in [-0.25, -0.2) is 4.79 Å². The molecule has 2 aromatic rings. The van der Waals surface area contributed by atoms with Crippen molar-refractivity contribution in [2.24, 2.45) is 5.92 Å². The summed E-state index contributed by atoms with van der Waals surface area (Å²) in [5.74, 6) is 0.653. The first-order valence-corrected chi connectivity index (χ1v) is 9.38. The van der Waals surface area contributed by atoms with Crippen molar-refractivity contribution in [1.29, 1.82) is 0 Å². The lowest BCUT2D eigenvalue weighted by atomic mass is 9.98. The zero-order chi connectivity index (χ0) is 19.6. The zero-order valence-electron chi connectivity index (χ0n) is 16.3. The van der Waals surface area contributed by atoms with E-state index in [0.29, 0.717) is 28.3 Å². The predicted octanol–water partition coefficient (Wildman–Crippen LogP) is 1.60. The van der Waals surface area contributed by atoms with Gasteiger partial charge >= 0.3 is 5.97 Å². The highest BCUT2D eigenvalue weighted by Gasteiger charge is 2.31. The number of hydrogen-bond donors (Lipinski definition) is 3. The average molecular weight is 374 g/mol. The normalized spacial score (nSPS) is 20.9. The molecule has 1 aromatic carbocycles. The van der Waals surface area contributed by atoms with Crippen LogP contribution in [0.1, 0.15) is 37.2 Å². The number of rotatable bonds is 5. The Kier molecular flexibility index (Phi) is 5.70. The van der Waals surface area contributed by atoms with E-state index in [2.05, 4.69) is 17.2 Å². The van der Waals surface area contributed by atoms with Gasteiger partial charge in [0.25, 0.3) is 5.91 Å². The molecule has 0 bridgehead atoms. The Morgan fingerprint density at radius 2 is 1.96 bits per heavy atom. The van der Waals surface area contributed by atoms with Gasteiger partial charge in [-0.2, -0.15) is 0 Å². The van der Waals surface area contributed by atoms with Crippen molar-refractivity contribution in [3.63, 3.8) is 0 Å². The summed E-state index contributed by atoms with van der Waals surface area (Å²) in [4.78, 5) is 29.5. The number of quaternary nitrogens is 1. The molecule has 1 saturated heterocycles. The number of carbonyl (C=O) groups is 2. The number of piperidine rings is 1. The van der Waals surface area contributed by atoms with Crippen LogP contribution in [0.15, 0.2) is 18.2 Å². The molecule has 1 fully saturated rings. The highest BCUT2D eigenvalue weighted by Crippen LogP contribution is 2.35. The third-order valence-corrected chi connectivity index (χ3v) is 5.57. The average Bonchev–Trinajstić information content (AvgIpc) is 3.05. The number of methoxy groups -OCH3 is 2. The number of H-pyrrole nitrogens is 1. The molecule has 3 N–H and O–H groups in total. The molecule has 7 nitrogen and oxygen atoms in total. The summed E-state index contributed by atoms with van der Waals surface area (Å²) < 4.78 is 10.3. The molecule has 0 radical (unpaired) electrons. The molecule has 0 saturated carbocycles. The molecule has 3 rings (SSSR count). The summed E-state index contributed by atoms with van der Waals surface area (Å²) in [6, 6.07) is 5.25. The Balaban J connectivity index is 1.92. The van der Waals surface area contributed by atoms with E-state index in [1.54, 1.807) is 13.2 Å². The molecule has 1 aliphatic heterocycles. The van der Waals surface area contributed by atoms with Crippen molar-refractivity contribution < 1.29 is 24.0 Å². The lowest BCUT2D eigenvalue weighted by Gasteiger charge is -2.31. The number of hydrogen-bond acceptors (Lipinski definition) is 4. The summed E-state index contributed by atoms with van der Waals surface area (Å²) in [6.45, 7) is 6.15. The van der Waals surface area contributed by atoms with E-state index in [1.165, 1.54) is 12.0 Å². The van der Waals surface area contributed by atoms with Crippen LogP contribution in [-0.4, -0.2) is 50.2 Å². The molecule has 0 aliphatic carbocycles. The van der Waals surface area contributed by atoms with E-state index >= 15 is 0 Å². The van der Waals surface area contributed by atoms with Crippen molar-refractivity contribution in [2.75, 3.05) is 32.6 Å². The van der Waals surface area contributed by atoms with E-state index < -0.39 is 5.97 Å². The maximum Gasteiger partial charge on any atom is 0.356 e. The van der Waals surface area contributed by atoms with Crippen LogP contribution in [0.3, 0.4) is 0 Å². The first-order valence-electron chi connectivity index (χ1n) is 9.38. The molecule has 2 heterocycles. The Labute approximate surface area is 159 Å². The van der Waals surface area contributed by atoms with Crippen LogP contribution in [-0.2, 0) is 9.53 Å². The predicted molar refractivity (Wildman–Crippen MR) is 103 cm³/mol. The summed E-state index contributed by atoms with van der Waals surface area (Å²) in [5.41, 5.74) is 1.34. The molecule has 1 amide bonds. The van der Waals surface area contributed by atoms with Gasteiger partial charge in [-0.3, -0.25) is 4.79 Å². The van der Waals surface area contributed by atoms with Crippen molar-refractivity contribution in [1.82, 2.24) is 4.98 Å². The molecule has 1 aliphatic rings. The SMILES string of the molecule is COC(=O)c1[nH]c2cccc(OC)c2c1NC(=O)[C@@H](C)[NH+]1CCC(C)CC1. The number of esters is 1. The van der Waals surface area contributed by atoms with Crippen LogP contribution in [0.4, 0.5) is 5.69 Å². The number of likely N-dealkylation sites (tertiary alicyclic amines) is 1. The molecule has 7 heteroatoms. The first kappa shape index (κ1) is 19.2. The number of nitrogens with one attached hydrogen (secondary N) is 3. The van der Waals surface area contributed by atoms with Gasteiger partial charge in [-0.05, 0) is 37.8 Å². The second-order valence-corrected chi connectivity index (χ2v) is 7.30. The highest BCUT2D eigenvalue weighted by atomic mass is 16.5. The largest absolute Gasteiger partial charge is 0.496 e. The van der Waals surface area contributed by atoms with Crippen molar-refractivity contribution in [3.8, 4) is 5.75 Å². The number of aromatic amines is 1. The standard InChI is InChI=1S/C20H27N3O4/c1-12-8-10-23(11-9-12)13(2)19(24)22-17-16-14(6-5-7-15(16)26-3)21-18(17)20(25)27-4/h5-7,12-13,21H,8-11H2,1-4H3,(H,22,24)/p+1/t13-/m1/s1. The minimum atomic E-state index is -0.532. The summed E-state index contributed by atoms with van der Waals surface area (Å²) in [5, 5.41) is 3.63. The van der Waals surface area contributed by atoms with Gasteiger partial charge in [-0.1, -0.05) is 13.0 Å². The van der Waals surface area contributed by atoms with Crippen LogP contribution in [0, 0.1) is 5.92 Å². The quantitative estimate of drug-likeness (QED) is 0.694. The van der Waals surface area contributed by atoms with E-state index in [0.717, 1.165) is 25.9 Å². The molecule has 0 spiro atoms. The minimum Gasteiger partial charge on any atom is -0.496 e. The number of amides is 1. The van der Waals surface area contributed by atoms with Crippen LogP contribution >= 0.6 is 0 Å². The fourth-order valence-corrected chi connectivity index (χ4v) is 3.75. The lowest BCUT2D eigenvalue weighted by molar-refractivity contribution is -0.919. The second kappa shape index (κ2) is 8.00. The number of anilines is 1. The number of fused-ring (bicyclic) bond motifs is 1. The van der Waals surface area contributed by atoms with Crippen LogP contribution in [0.25, 0.3) is 10.9 Å². The van der Waals surface area contributed by atoms with Gasteiger partial charge in [0, 0.05) is 0 Å². The van der Waals surface area contributed by atoms with Crippen molar-refractivity contribution >= 4 is 28.5 Å². The van der Waals surface area contributed by atoms with E-state index in [4.69, 9.17) is 9.47 Å². The highest BCUT2D eigenvalue weighted by molar-refractivity contribution is 6.13. The topological polar surface area (TPSA) is 84.9 Å². The maximum absolute atomic E-state index is 13.0. The molecule has 146 valence electrons. The Bertz CT molecular complexity index is 837. The fraction of sp³-hybridized carbons (Fsp3) is 0.500. The van der Waals surface area contributed by atoms with E-state index in [1.807, 2.05) is 19.1 Å². The number of carbonyl (C=O) groups excluding carboxylic acids is 2. The smallest absolute Gasteiger partial charge is 0.356 e. The molecule has 1 atom stereocenters. The summed E-state index contributed by atoms with van der Waals surface area (Å²) in [7, 11) is 2.88. The zero-order valence-corrected chi connectivity index (χ0v) is 16.3. The maximum atomic E-state index is 13.0. The first-order chi connectivity index (χ1) is 13.0. The van der Waals surface area contributed by atoms with Crippen LogP contribution in [0.2, 0.25) is 0 Å². The van der Waals surface area contributed by atoms with Crippen LogP contribution in [0.5, 0.6) is 5.75 Å². The Morgan fingerprint density at radius 3 is 2.59 bits per heavy atom. The molecule has 1 aromatic heterocycles. The molecular weight excluding hydrogens is 346 g/mol.